The van der Waals surface area contributed by atoms with Crippen LogP contribution in [0.15, 0.2) is 0 Å². The van der Waals surface area contributed by atoms with Crippen LogP contribution in [0.3, 0.4) is 0 Å². The predicted molar refractivity (Wildman–Crippen MR) is 38.3 cm³/mol. The normalized spacial score (nSPS) is 14.2. The van der Waals surface area contributed by atoms with E-state index in [0.717, 1.165) is 0 Å². The molecule has 1 saturated heterocycles. The molecule has 1 aliphatic rings. The average molecular weight is 160 g/mol. The van der Waals surface area contributed by atoms with Gasteiger partial charge in [0.15, 0.2) is 0 Å². The first-order chi connectivity index (χ1) is 5.16. The van der Waals surface area contributed by atoms with Crippen LogP contribution in [0, 0.1) is 0 Å². The van der Waals surface area contributed by atoms with E-state index in [4.69, 9.17) is 0 Å². The Kier molecular flexibility index (Phi) is 5.15. The molecule has 0 bridgehead atoms. The van der Waals surface area contributed by atoms with Crippen molar-refractivity contribution in [2.45, 2.75) is 20.3 Å². The van der Waals surface area contributed by atoms with Gasteiger partial charge in [0.2, 0.25) is 0 Å². The lowest BCUT2D eigenvalue weighted by Crippen LogP contribution is -1.88. The van der Waals surface area contributed by atoms with Crippen molar-refractivity contribution in [1.29, 1.82) is 0 Å². The second kappa shape index (κ2) is 5.70. The average Bonchev–Trinajstić information content (AvgIpc) is 2.41. The van der Waals surface area contributed by atoms with Crippen molar-refractivity contribution in [3.63, 3.8) is 0 Å². The Bertz CT molecular complexity index is 133. The predicted octanol–water partition coefficient (Wildman–Crippen LogP) is 1.14. The van der Waals surface area contributed by atoms with Gasteiger partial charge in [-0.1, -0.05) is 6.92 Å². The number of ether oxygens (including phenoxy) is 2. The highest BCUT2D eigenvalue weighted by molar-refractivity contribution is 5.74. The summed E-state index contributed by atoms with van der Waals surface area (Å²) in [7, 11) is 0. The van der Waals surface area contributed by atoms with Gasteiger partial charge >= 0.3 is 6.16 Å². The Hall–Kier alpha value is -1.06. The van der Waals surface area contributed by atoms with E-state index in [0.29, 0.717) is 19.6 Å². The molecule has 1 heterocycles. The number of carbonyl (C=O) groups is 2. The van der Waals surface area contributed by atoms with Crippen molar-refractivity contribution >= 4 is 11.9 Å². The molecule has 64 valence electrons. The third-order valence-electron chi connectivity index (χ3n) is 1.02. The van der Waals surface area contributed by atoms with E-state index in [1.165, 1.54) is 0 Å². The van der Waals surface area contributed by atoms with Gasteiger partial charge in [-0.2, -0.15) is 0 Å². The minimum atomic E-state index is -0.546. The fourth-order valence-electron chi connectivity index (χ4n) is 0.292. The second-order valence-corrected chi connectivity index (χ2v) is 2.00. The van der Waals surface area contributed by atoms with Crippen LogP contribution in [0.5, 0.6) is 0 Å². The summed E-state index contributed by atoms with van der Waals surface area (Å²) < 4.78 is 8.58. The summed E-state index contributed by atoms with van der Waals surface area (Å²) in [6.07, 6.45) is 0.120. The van der Waals surface area contributed by atoms with Gasteiger partial charge in [-0.3, -0.25) is 0 Å². The standard InChI is InChI=1S/C4H8O.C3H4O3/c1-3-4(2)5;4-3-5-1-2-6-3/h3H2,1-2H3;1-2H2. The summed E-state index contributed by atoms with van der Waals surface area (Å²) in [5.41, 5.74) is 0. The number of carbonyl (C=O) groups excluding carboxylic acids is 2. The molecule has 0 N–H and O–H groups in total. The molecule has 4 nitrogen and oxygen atoms in total. The quantitative estimate of drug-likeness (QED) is 0.540. The van der Waals surface area contributed by atoms with Crippen LogP contribution in [-0.4, -0.2) is 25.2 Å². The summed E-state index contributed by atoms with van der Waals surface area (Å²) in [5, 5.41) is 0. The van der Waals surface area contributed by atoms with Crippen LogP contribution in [0.4, 0.5) is 4.79 Å². The Morgan fingerprint density at radius 1 is 1.45 bits per heavy atom. The highest BCUT2D eigenvalue weighted by Crippen LogP contribution is 1.92. The molecule has 11 heavy (non-hydrogen) atoms. The van der Waals surface area contributed by atoms with Gasteiger partial charge < -0.3 is 14.3 Å². The van der Waals surface area contributed by atoms with Crippen molar-refractivity contribution < 1.29 is 19.1 Å². The largest absolute Gasteiger partial charge is 0.508 e. The van der Waals surface area contributed by atoms with Crippen LogP contribution >= 0.6 is 0 Å². The Morgan fingerprint density at radius 3 is 1.91 bits per heavy atom. The maximum absolute atomic E-state index is 9.81. The molecule has 0 unspecified atom stereocenters. The molecule has 0 aromatic heterocycles. The zero-order chi connectivity index (χ0) is 8.69. The molecular weight excluding hydrogens is 148 g/mol. The molecule has 1 rings (SSSR count). The summed E-state index contributed by atoms with van der Waals surface area (Å²) in [4.78, 5) is 19.6. The third-order valence-corrected chi connectivity index (χ3v) is 1.02. The molecule has 0 aliphatic carbocycles. The van der Waals surface area contributed by atoms with Crippen molar-refractivity contribution in [2.75, 3.05) is 13.2 Å². The maximum atomic E-state index is 9.81. The van der Waals surface area contributed by atoms with E-state index in [2.05, 4.69) is 9.47 Å². The molecule has 1 aliphatic heterocycles. The molecule has 0 radical (unpaired) electrons. The third kappa shape index (κ3) is 6.83. The lowest BCUT2D eigenvalue weighted by molar-refractivity contribution is -0.116. The van der Waals surface area contributed by atoms with Gasteiger partial charge in [0.05, 0.1) is 0 Å². The topological polar surface area (TPSA) is 52.6 Å². The Morgan fingerprint density at radius 2 is 1.82 bits per heavy atom. The van der Waals surface area contributed by atoms with E-state index in [9.17, 15) is 9.59 Å². The summed E-state index contributed by atoms with van der Waals surface area (Å²) >= 11 is 0. The van der Waals surface area contributed by atoms with E-state index in [1.54, 1.807) is 6.92 Å². The van der Waals surface area contributed by atoms with Gasteiger partial charge in [-0.05, 0) is 6.92 Å². The second-order valence-electron chi connectivity index (χ2n) is 2.00. The van der Waals surface area contributed by atoms with E-state index < -0.39 is 6.16 Å². The van der Waals surface area contributed by atoms with Gasteiger partial charge in [0.1, 0.15) is 19.0 Å². The van der Waals surface area contributed by atoms with Gasteiger partial charge in [-0.25, -0.2) is 4.79 Å². The number of hydrogen-bond acceptors (Lipinski definition) is 4. The minimum absolute atomic E-state index is 0.255. The van der Waals surface area contributed by atoms with Crippen molar-refractivity contribution in [1.82, 2.24) is 0 Å². The SMILES string of the molecule is CCC(C)=O.O=C1OCCO1. The fraction of sp³-hybridized carbons (Fsp3) is 0.714. The smallest absolute Gasteiger partial charge is 0.431 e. The molecule has 0 amide bonds. The molecule has 0 aromatic carbocycles. The van der Waals surface area contributed by atoms with Gasteiger partial charge in [0, 0.05) is 6.42 Å². The number of hydrogen-bond donors (Lipinski definition) is 0. The molecule has 4 heteroatoms. The lowest BCUT2D eigenvalue weighted by Gasteiger charge is -1.78. The zero-order valence-corrected chi connectivity index (χ0v) is 6.75. The maximum Gasteiger partial charge on any atom is 0.508 e. The Labute approximate surface area is 65.5 Å². The van der Waals surface area contributed by atoms with E-state index in [-0.39, 0.29) is 5.78 Å². The zero-order valence-electron chi connectivity index (χ0n) is 6.75. The summed E-state index contributed by atoms with van der Waals surface area (Å²) in [5.74, 6) is 0.255. The molecule has 1 fully saturated rings. The summed E-state index contributed by atoms with van der Waals surface area (Å²) in [6, 6.07) is 0. The van der Waals surface area contributed by atoms with Crippen LogP contribution in [0.25, 0.3) is 0 Å². The highest BCUT2D eigenvalue weighted by Gasteiger charge is 2.09. The van der Waals surface area contributed by atoms with Crippen molar-refractivity contribution in [3.8, 4) is 0 Å². The first kappa shape index (κ1) is 9.94. The number of Topliss-reactive ketones (excluding diaryl/α,β-unsaturated/α-hetero) is 1. The molecule has 0 atom stereocenters. The first-order valence-corrected chi connectivity index (χ1v) is 3.45. The molecule has 0 aromatic rings. The number of cyclic esters (lactones) is 2. The van der Waals surface area contributed by atoms with Crippen LogP contribution in [0.2, 0.25) is 0 Å². The number of ketones is 1. The molecular formula is C7H12O4. The van der Waals surface area contributed by atoms with Gasteiger partial charge in [0.25, 0.3) is 0 Å². The van der Waals surface area contributed by atoms with Crippen LogP contribution in [0.1, 0.15) is 20.3 Å². The molecule has 0 spiro atoms. The lowest BCUT2D eigenvalue weighted by atomic mass is 10.4. The van der Waals surface area contributed by atoms with Gasteiger partial charge in [-0.15, -0.1) is 0 Å². The Balaban J connectivity index is 0.000000187. The first-order valence-electron chi connectivity index (χ1n) is 3.45. The van der Waals surface area contributed by atoms with Crippen molar-refractivity contribution in [2.24, 2.45) is 0 Å². The monoisotopic (exact) mass is 160 g/mol. The van der Waals surface area contributed by atoms with E-state index in [1.807, 2.05) is 6.92 Å². The number of rotatable bonds is 1. The van der Waals surface area contributed by atoms with Crippen molar-refractivity contribution in [3.05, 3.63) is 0 Å². The van der Waals surface area contributed by atoms with Crippen LogP contribution < -0.4 is 0 Å². The fourth-order valence-corrected chi connectivity index (χ4v) is 0.292. The van der Waals surface area contributed by atoms with Crippen LogP contribution in [-0.2, 0) is 14.3 Å². The summed E-state index contributed by atoms with van der Waals surface area (Å²) in [6.45, 7) is 4.26. The minimum Gasteiger partial charge on any atom is -0.431 e. The van der Waals surface area contributed by atoms with E-state index >= 15 is 0 Å². The highest BCUT2D eigenvalue weighted by atomic mass is 16.8. The molecule has 0 saturated carbocycles.